The lowest BCUT2D eigenvalue weighted by molar-refractivity contribution is 0.371. The van der Waals surface area contributed by atoms with Crippen molar-refractivity contribution in [1.29, 1.82) is 0 Å². The van der Waals surface area contributed by atoms with E-state index in [0.717, 1.165) is 18.0 Å². The van der Waals surface area contributed by atoms with Gasteiger partial charge in [0.05, 0.1) is 14.2 Å². The fraction of sp³-hybridized carbons (Fsp3) is 0.400. The molecule has 3 nitrogen and oxygen atoms in total. The molecule has 1 aliphatic rings. The van der Waals surface area contributed by atoms with Crippen LogP contribution >= 0.6 is 0 Å². The fourth-order valence-electron chi connectivity index (χ4n) is 3.44. The standard InChI is InChI=1S/C20H25NO2/c1-22-17-10-6-15(7-11-17)20(19-5-3-4-14-21-19)16-8-12-18(23-2)13-9-16/h6-13,19-21H,3-5,14H2,1-2H3. The average molecular weight is 311 g/mol. The first kappa shape index (κ1) is 15.9. The Morgan fingerprint density at radius 1 is 0.826 bits per heavy atom. The van der Waals surface area contributed by atoms with Gasteiger partial charge in [0.25, 0.3) is 0 Å². The molecular formula is C20H25NO2. The van der Waals surface area contributed by atoms with Gasteiger partial charge in [-0.25, -0.2) is 0 Å². The second-order valence-electron chi connectivity index (χ2n) is 6.08. The van der Waals surface area contributed by atoms with E-state index in [9.17, 15) is 0 Å². The van der Waals surface area contributed by atoms with Gasteiger partial charge < -0.3 is 14.8 Å². The highest BCUT2D eigenvalue weighted by Crippen LogP contribution is 2.33. The smallest absolute Gasteiger partial charge is 0.118 e. The van der Waals surface area contributed by atoms with Crippen LogP contribution in [-0.4, -0.2) is 26.8 Å². The molecule has 0 saturated carbocycles. The third kappa shape index (κ3) is 3.67. The van der Waals surface area contributed by atoms with Crippen LogP contribution in [-0.2, 0) is 0 Å². The molecule has 2 aromatic rings. The van der Waals surface area contributed by atoms with Crippen LogP contribution in [0.4, 0.5) is 0 Å². The molecule has 0 aromatic heterocycles. The molecule has 1 aliphatic heterocycles. The molecule has 0 aliphatic carbocycles. The van der Waals surface area contributed by atoms with Crippen LogP contribution in [0.1, 0.15) is 36.3 Å². The van der Waals surface area contributed by atoms with Gasteiger partial charge in [-0.1, -0.05) is 30.7 Å². The number of methoxy groups -OCH3 is 2. The Kier molecular flexibility index (Phi) is 5.19. The predicted octanol–water partition coefficient (Wildman–Crippen LogP) is 3.98. The first-order valence-corrected chi connectivity index (χ1v) is 8.33. The summed E-state index contributed by atoms with van der Waals surface area (Å²) in [5, 5.41) is 3.71. The summed E-state index contributed by atoms with van der Waals surface area (Å²) in [6.45, 7) is 1.10. The highest BCUT2D eigenvalue weighted by Gasteiger charge is 2.26. The number of hydrogen-bond donors (Lipinski definition) is 1. The molecule has 122 valence electrons. The Hall–Kier alpha value is -2.00. The van der Waals surface area contributed by atoms with E-state index in [2.05, 4.69) is 53.8 Å². The molecule has 1 N–H and O–H groups in total. The zero-order valence-corrected chi connectivity index (χ0v) is 13.9. The summed E-state index contributed by atoms with van der Waals surface area (Å²) in [5.74, 6) is 2.16. The van der Waals surface area contributed by atoms with Crippen LogP contribution < -0.4 is 14.8 Å². The fourth-order valence-corrected chi connectivity index (χ4v) is 3.44. The molecule has 0 amide bonds. The van der Waals surface area contributed by atoms with Gasteiger partial charge in [0, 0.05) is 12.0 Å². The zero-order valence-electron chi connectivity index (χ0n) is 13.9. The van der Waals surface area contributed by atoms with Gasteiger partial charge in [-0.2, -0.15) is 0 Å². The maximum atomic E-state index is 5.30. The van der Waals surface area contributed by atoms with Gasteiger partial charge in [0.2, 0.25) is 0 Å². The molecule has 1 saturated heterocycles. The highest BCUT2D eigenvalue weighted by molar-refractivity contribution is 5.39. The van der Waals surface area contributed by atoms with Crippen LogP contribution in [0, 0.1) is 0 Å². The third-order valence-electron chi connectivity index (χ3n) is 4.70. The monoisotopic (exact) mass is 311 g/mol. The van der Waals surface area contributed by atoms with Crippen LogP contribution in [0.15, 0.2) is 48.5 Å². The molecule has 3 rings (SSSR count). The summed E-state index contributed by atoms with van der Waals surface area (Å²) in [4.78, 5) is 0. The van der Waals surface area contributed by atoms with Crippen LogP contribution in [0.3, 0.4) is 0 Å². The Morgan fingerprint density at radius 3 is 1.74 bits per heavy atom. The van der Waals surface area contributed by atoms with Gasteiger partial charge in [0.15, 0.2) is 0 Å². The Labute approximate surface area is 138 Å². The lowest BCUT2D eigenvalue weighted by atomic mass is 9.81. The Balaban J connectivity index is 1.93. The number of rotatable bonds is 5. The van der Waals surface area contributed by atoms with Crippen molar-refractivity contribution in [3.05, 3.63) is 59.7 Å². The van der Waals surface area contributed by atoms with Crippen molar-refractivity contribution in [2.75, 3.05) is 20.8 Å². The number of benzene rings is 2. The highest BCUT2D eigenvalue weighted by atomic mass is 16.5. The molecule has 0 spiro atoms. The largest absolute Gasteiger partial charge is 0.497 e. The van der Waals surface area contributed by atoms with E-state index in [1.165, 1.54) is 30.4 Å². The molecular weight excluding hydrogens is 286 g/mol. The van der Waals surface area contributed by atoms with Crippen molar-refractivity contribution in [2.45, 2.75) is 31.2 Å². The first-order chi connectivity index (χ1) is 11.3. The topological polar surface area (TPSA) is 30.5 Å². The van der Waals surface area contributed by atoms with E-state index >= 15 is 0 Å². The molecule has 1 heterocycles. The van der Waals surface area contributed by atoms with Gasteiger partial charge >= 0.3 is 0 Å². The first-order valence-electron chi connectivity index (χ1n) is 8.33. The van der Waals surface area contributed by atoms with E-state index in [-0.39, 0.29) is 0 Å². The Morgan fingerprint density at radius 2 is 1.35 bits per heavy atom. The molecule has 1 atom stereocenters. The summed E-state index contributed by atoms with van der Waals surface area (Å²) in [6.07, 6.45) is 3.78. The predicted molar refractivity (Wildman–Crippen MR) is 93.5 cm³/mol. The maximum Gasteiger partial charge on any atom is 0.118 e. The summed E-state index contributed by atoms with van der Waals surface area (Å²) < 4.78 is 10.6. The van der Waals surface area contributed by atoms with Crippen LogP contribution in [0.2, 0.25) is 0 Å². The minimum Gasteiger partial charge on any atom is -0.497 e. The molecule has 0 bridgehead atoms. The van der Waals surface area contributed by atoms with Gasteiger partial charge in [-0.3, -0.25) is 0 Å². The third-order valence-corrected chi connectivity index (χ3v) is 4.70. The summed E-state index contributed by atoms with van der Waals surface area (Å²) >= 11 is 0. The second kappa shape index (κ2) is 7.51. The van der Waals surface area contributed by atoms with Crippen molar-refractivity contribution in [1.82, 2.24) is 5.32 Å². The maximum absolute atomic E-state index is 5.30. The zero-order chi connectivity index (χ0) is 16.1. The van der Waals surface area contributed by atoms with Crippen molar-refractivity contribution in [3.63, 3.8) is 0 Å². The summed E-state index contributed by atoms with van der Waals surface area (Å²) in [6, 6.07) is 17.4. The number of hydrogen-bond acceptors (Lipinski definition) is 3. The minimum absolute atomic E-state index is 0.354. The number of piperidine rings is 1. The van der Waals surface area contributed by atoms with Crippen molar-refractivity contribution >= 4 is 0 Å². The van der Waals surface area contributed by atoms with E-state index < -0.39 is 0 Å². The number of ether oxygens (including phenoxy) is 2. The van der Waals surface area contributed by atoms with E-state index in [0.29, 0.717) is 12.0 Å². The minimum atomic E-state index is 0.354. The Bertz CT molecular complexity index is 553. The van der Waals surface area contributed by atoms with E-state index in [1.54, 1.807) is 14.2 Å². The number of nitrogens with one attached hydrogen (secondary N) is 1. The lowest BCUT2D eigenvalue weighted by Crippen LogP contribution is -2.39. The van der Waals surface area contributed by atoms with E-state index in [1.807, 2.05) is 0 Å². The van der Waals surface area contributed by atoms with Crippen molar-refractivity contribution in [3.8, 4) is 11.5 Å². The van der Waals surface area contributed by atoms with E-state index in [4.69, 9.17) is 9.47 Å². The molecule has 2 aromatic carbocycles. The molecule has 0 radical (unpaired) electrons. The average Bonchev–Trinajstić information content (AvgIpc) is 2.64. The molecule has 23 heavy (non-hydrogen) atoms. The van der Waals surface area contributed by atoms with Gasteiger partial charge in [-0.05, 0) is 54.8 Å². The SMILES string of the molecule is COc1ccc(C(c2ccc(OC)cc2)C2CCCCN2)cc1. The molecule has 1 fully saturated rings. The van der Waals surface area contributed by atoms with Crippen molar-refractivity contribution < 1.29 is 9.47 Å². The summed E-state index contributed by atoms with van der Waals surface area (Å²) in [5.41, 5.74) is 2.66. The molecule has 1 unspecified atom stereocenters. The lowest BCUT2D eigenvalue weighted by Gasteiger charge is -2.32. The normalized spacial score (nSPS) is 18.0. The summed E-state index contributed by atoms with van der Waals surface area (Å²) in [7, 11) is 3.41. The van der Waals surface area contributed by atoms with Gasteiger partial charge in [0.1, 0.15) is 11.5 Å². The van der Waals surface area contributed by atoms with Gasteiger partial charge in [-0.15, -0.1) is 0 Å². The van der Waals surface area contributed by atoms with Crippen LogP contribution in [0.5, 0.6) is 11.5 Å². The molecule has 3 heteroatoms. The van der Waals surface area contributed by atoms with Crippen LogP contribution in [0.25, 0.3) is 0 Å². The van der Waals surface area contributed by atoms with Crippen molar-refractivity contribution in [2.24, 2.45) is 0 Å². The quantitative estimate of drug-likeness (QED) is 0.906. The second-order valence-corrected chi connectivity index (χ2v) is 6.08.